The van der Waals surface area contributed by atoms with Gasteiger partial charge in [0, 0.05) is 16.8 Å². The Hall–Kier alpha value is -2.74. The molecular formula is C25H26ClN5OS. The van der Waals surface area contributed by atoms with Crippen LogP contribution in [0.1, 0.15) is 29.0 Å². The number of aromatic nitrogens is 3. The number of benzene rings is 1. The summed E-state index contributed by atoms with van der Waals surface area (Å²) in [4.78, 5) is 15.9. The van der Waals surface area contributed by atoms with Crippen LogP contribution in [-0.4, -0.2) is 28.5 Å². The Balaban J connectivity index is 1.34. The fraction of sp³-hybridized carbons (Fsp3) is 0.320. The molecule has 0 saturated carbocycles. The number of ether oxygens (including phenoxy) is 1. The monoisotopic (exact) mass is 479 g/mol. The lowest BCUT2D eigenvalue weighted by molar-refractivity contribution is 0.301. The molecule has 33 heavy (non-hydrogen) atoms. The van der Waals surface area contributed by atoms with Gasteiger partial charge in [-0.25, -0.2) is 9.97 Å². The molecule has 0 radical (unpaired) electrons. The number of pyridine rings is 1. The van der Waals surface area contributed by atoms with Crippen LogP contribution < -0.4 is 15.4 Å². The van der Waals surface area contributed by atoms with Crippen molar-refractivity contribution in [2.24, 2.45) is 5.92 Å². The lowest BCUT2D eigenvalue weighted by atomic mass is 9.86. The molecule has 3 aromatic heterocycles. The smallest absolute Gasteiger partial charge is 0.142 e. The molecule has 170 valence electrons. The summed E-state index contributed by atoms with van der Waals surface area (Å²) < 4.78 is 5.85. The number of nitrogens with zero attached hydrogens (tertiary/aromatic N) is 3. The van der Waals surface area contributed by atoms with Crippen molar-refractivity contribution in [3.05, 3.63) is 70.1 Å². The number of hydrogen-bond acceptors (Lipinski definition) is 7. The molecule has 0 amide bonds. The van der Waals surface area contributed by atoms with Gasteiger partial charge in [0.05, 0.1) is 16.1 Å². The van der Waals surface area contributed by atoms with Crippen LogP contribution in [0.4, 0.5) is 11.5 Å². The first-order chi connectivity index (χ1) is 16.2. The summed E-state index contributed by atoms with van der Waals surface area (Å²) in [5, 5.41) is 8.43. The largest absolute Gasteiger partial charge is 0.486 e. The number of rotatable bonds is 8. The van der Waals surface area contributed by atoms with Gasteiger partial charge in [-0.05, 0) is 81.1 Å². The van der Waals surface area contributed by atoms with Crippen molar-refractivity contribution in [1.82, 2.24) is 20.3 Å². The Labute approximate surface area is 202 Å². The van der Waals surface area contributed by atoms with Crippen LogP contribution in [0, 0.1) is 5.92 Å². The summed E-state index contributed by atoms with van der Waals surface area (Å²) in [6.45, 7) is 1.44. The molecule has 5 rings (SSSR count). The molecule has 1 unspecified atom stereocenters. The van der Waals surface area contributed by atoms with Gasteiger partial charge >= 0.3 is 0 Å². The molecule has 0 saturated heterocycles. The van der Waals surface area contributed by atoms with Gasteiger partial charge in [-0.3, -0.25) is 4.98 Å². The highest BCUT2D eigenvalue weighted by atomic mass is 35.5. The Morgan fingerprint density at radius 3 is 2.94 bits per heavy atom. The predicted molar refractivity (Wildman–Crippen MR) is 135 cm³/mol. The maximum absolute atomic E-state index is 6.51. The highest BCUT2D eigenvalue weighted by molar-refractivity contribution is 7.19. The minimum absolute atomic E-state index is 0.371. The van der Waals surface area contributed by atoms with Crippen molar-refractivity contribution in [3.8, 4) is 5.75 Å². The van der Waals surface area contributed by atoms with Crippen molar-refractivity contribution in [1.29, 1.82) is 0 Å². The van der Waals surface area contributed by atoms with E-state index < -0.39 is 0 Å². The van der Waals surface area contributed by atoms with Crippen molar-refractivity contribution < 1.29 is 4.74 Å². The van der Waals surface area contributed by atoms with Crippen LogP contribution in [0.5, 0.6) is 5.75 Å². The molecule has 1 atom stereocenters. The third-order valence-electron chi connectivity index (χ3n) is 6.05. The molecule has 2 N–H and O–H groups in total. The molecule has 0 aliphatic heterocycles. The molecule has 0 fully saturated rings. The number of hydrogen-bond donors (Lipinski definition) is 2. The standard InChI is InChI=1S/C25H26ClN5OS/c1-27-11-9-16-5-7-19-22(12-16)33-25-23(19)24(29-15-30-25)31-17-6-8-21(20(26)13-17)32-14-18-4-2-3-10-28-18/h2-4,6,8,10,13,15-16,27H,5,7,9,11-12,14H2,1H3,(H,29,30,31). The predicted octanol–water partition coefficient (Wildman–Crippen LogP) is 5.78. The molecule has 0 bridgehead atoms. The van der Waals surface area contributed by atoms with Gasteiger partial charge in [-0.15, -0.1) is 11.3 Å². The van der Waals surface area contributed by atoms with E-state index in [0.29, 0.717) is 17.4 Å². The van der Waals surface area contributed by atoms with E-state index in [1.54, 1.807) is 12.5 Å². The van der Waals surface area contributed by atoms with Gasteiger partial charge in [-0.2, -0.15) is 0 Å². The summed E-state index contributed by atoms with van der Waals surface area (Å²) in [5.74, 6) is 2.20. The van der Waals surface area contributed by atoms with Crippen LogP contribution in [0.25, 0.3) is 10.2 Å². The fourth-order valence-corrected chi connectivity index (χ4v) is 5.87. The van der Waals surface area contributed by atoms with Crippen LogP contribution in [0.2, 0.25) is 5.02 Å². The molecule has 4 aromatic rings. The topological polar surface area (TPSA) is 72.0 Å². The van der Waals surface area contributed by atoms with Gasteiger partial charge in [0.25, 0.3) is 0 Å². The van der Waals surface area contributed by atoms with Gasteiger partial charge in [0.1, 0.15) is 29.3 Å². The average molecular weight is 480 g/mol. The lowest BCUT2D eigenvalue weighted by Crippen LogP contribution is -2.18. The van der Waals surface area contributed by atoms with E-state index in [9.17, 15) is 0 Å². The number of thiophene rings is 1. The summed E-state index contributed by atoms with van der Waals surface area (Å²) in [6.07, 6.45) is 8.02. The normalized spacial score (nSPS) is 15.4. The molecule has 1 aromatic carbocycles. The second-order valence-electron chi connectivity index (χ2n) is 8.29. The van der Waals surface area contributed by atoms with Crippen LogP contribution in [0.15, 0.2) is 48.9 Å². The maximum atomic E-state index is 6.51. The van der Waals surface area contributed by atoms with Gasteiger partial charge in [0.2, 0.25) is 0 Å². The highest BCUT2D eigenvalue weighted by Gasteiger charge is 2.25. The van der Waals surface area contributed by atoms with Crippen molar-refractivity contribution in [2.45, 2.75) is 32.3 Å². The van der Waals surface area contributed by atoms with Crippen molar-refractivity contribution in [3.63, 3.8) is 0 Å². The summed E-state index contributed by atoms with van der Waals surface area (Å²) >= 11 is 8.32. The zero-order chi connectivity index (χ0) is 22.6. The first-order valence-corrected chi connectivity index (χ1v) is 12.4. The summed E-state index contributed by atoms with van der Waals surface area (Å²) in [7, 11) is 2.02. The van der Waals surface area contributed by atoms with E-state index in [4.69, 9.17) is 16.3 Å². The number of halogens is 1. The van der Waals surface area contributed by atoms with Crippen molar-refractivity contribution in [2.75, 3.05) is 18.9 Å². The Morgan fingerprint density at radius 1 is 1.18 bits per heavy atom. The second-order valence-corrected chi connectivity index (χ2v) is 9.78. The zero-order valence-corrected chi connectivity index (χ0v) is 20.0. The average Bonchev–Trinajstić information content (AvgIpc) is 3.21. The Morgan fingerprint density at radius 2 is 2.12 bits per heavy atom. The summed E-state index contributed by atoms with van der Waals surface area (Å²) in [6, 6.07) is 11.5. The minimum Gasteiger partial charge on any atom is -0.486 e. The molecule has 0 spiro atoms. The van der Waals surface area contributed by atoms with E-state index >= 15 is 0 Å². The van der Waals surface area contributed by atoms with E-state index in [2.05, 4.69) is 25.6 Å². The number of nitrogens with one attached hydrogen (secondary N) is 2. The SMILES string of the molecule is CNCCC1CCc2c(sc3ncnc(Nc4ccc(OCc5ccccn5)c(Cl)c4)c23)C1. The van der Waals surface area contributed by atoms with Gasteiger partial charge < -0.3 is 15.4 Å². The molecule has 1 aliphatic carbocycles. The van der Waals surface area contributed by atoms with E-state index in [1.165, 1.54) is 23.3 Å². The lowest BCUT2D eigenvalue weighted by Gasteiger charge is -2.22. The first kappa shape index (κ1) is 22.1. The number of aryl methyl sites for hydroxylation is 1. The third kappa shape index (κ3) is 4.95. The van der Waals surface area contributed by atoms with E-state index in [-0.39, 0.29) is 0 Å². The van der Waals surface area contributed by atoms with Crippen LogP contribution in [0.3, 0.4) is 0 Å². The van der Waals surface area contributed by atoms with Gasteiger partial charge in [-0.1, -0.05) is 17.7 Å². The highest BCUT2D eigenvalue weighted by Crippen LogP contribution is 2.41. The van der Waals surface area contributed by atoms with E-state index in [0.717, 1.165) is 52.7 Å². The fourth-order valence-electron chi connectivity index (χ4n) is 4.34. The van der Waals surface area contributed by atoms with Gasteiger partial charge in [0.15, 0.2) is 0 Å². The molecule has 1 aliphatic rings. The molecule has 8 heteroatoms. The Bertz CT molecular complexity index is 1250. The second kappa shape index (κ2) is 10.0. The first-order valence-electron chi connectivity index (χ1n) is 11.2. The van der Waals surface area contributed by atoms with E-state index in [1.807, 2.05) is 54.8 Å². The minimum atomic E-state index is 0.371. The summed E-state index contributed by atoms with van der Waals surface area (Å²) in [5.41, 5.74) is 3.13. The third-order valence-corrected chi connectivity index (χ3v) is 7.50. The molecule has 6 nitrogen and oxygen atoms in total. The molecular weight excluding hydrogens is 454 g/mol. The van der Waals surface area contributed by atoms with Crippen molar-refractivity contribution >= 4 is 44.7 Å². The zero-order valence-electron chi connectivity index (χ0n) is 18.5. The number of fused-ring (bicyclic) bond motifs is 3. The quantitative estimate of drug-likeness (QED) is 0.334. The molecule has 3 heterocycles. The number of anilines is 2. The Kier molecular flexibility index (Phi) is 6.71. The van der Waals surface area contributed by atoms with Crippen LogP contribution in [-0.2, 0) is 19.4 Å². The maximum Gasteiger partial charge on any atom is 0.142 e. The van der Waals surface area contributed by atoms with Crippen LogP contribution >= 0.6 is 22.9 Å².